The molecule has 2 unspecified atom stereocenters. The summed E-state index contributed by atoms with van der Waals surface area (Å²) in [5.74, 6) is 1.34. The molecule has 1 aliphatic carbocycles. The zero-order valence-corrected chi connectivity index (χ0v) is 13.2. The Hall–Kier alpha value is -1.48. The summed E-state index contributed by atoms with van der Waals surface area (Å²) in [6.07, 6.45) is 5.12. The summed E-state index contributed by atoms with van der Waals surface area (Å²) in [5.41, 5.74) is 2.11. The SMILES string of the molecule is CC1CCCC(C(=O)Cc2nc(-c3ccccc3)cs2)C1. The van der Waals surface area contributed by atoms with Gasteiger partial charge in [-0.3, -0.25) is 4.79 Å². The molecule has 2 nitrogen and oxygen atoms in total. The van der Waals surface area contributed by atoms with Crippen LogP contribution in [-0.2, 0) is 11.2 Å². The van der Waals surface area contributed by atoms with Gasteiger partial charge in [0.2, 0.25) is 0 Å². The quantitative estimate of drug-likeness (QED) is 0.815. The zero-order valence-electron chi connectivity index (χ0n) is 12.4. The van der Waals surface area contributed by atoms with E-state index in [4.69, 9.17) is 0 Å². The lowest BCUT2D eigenvalue weighted by Crippen LogP contribution is -2.23. The van der Waals surface area contributed by atoms with E-state index in [-0.39, 0.29) is 5.92 Å². The minimum atomic E-state index is 0.262. The number of Topliss-reactive ketones (excluding diaryl/α,β-unsaturated/α-hetero) is 1. The van der Waals surface area contributed by atoms with Gasteiger partial charge in [-0.1, -0.05) is 50.1 Å². The molecule has 0 bridgehead atoms. The van der Waals surface area contributed by atoms with E-state index in [1.165, 1.54) is 12.8 Å². The molecule has 110 valence electrons. The number of nitrogens with zero attached hydrogens (tertiary/aromatic N) is 1. The van der Waals surface area contributed by atoms with Gasteiger partial charge in [0, 0.05) is 16.9 Å². The second kappa shape index (κ2) is 6.52. The molecule has 0 radical (unpaired) electrons. The Bertz CT molecular complexity index is 605. The molecule has 1 saturated carbocycles. The molecule has 0 aliphatic heterocycles. The van der Waals surface area contributed by atoms with Crippen molar-refractivity contribution >= 4 is 17.1 Å². The predicted octanol–water partition coefficient (Wildman–Crippen LogP) is 4.75. The summed E-state index contributed by atoms with van der Waals surface area (Å²) < 4.78 is 0. The fourth-order valence-electron chi connectivity index (χ4n) is 3.15. The largest absolute Gasteiger partial charge is 0.299 e. The molecule has 1 fully saturated rings. The first-order valence-corrected chi connectivity index (χ1v) is 8.63. The van der Waals surface area contributed by atoms with Gasteiger partial charge in [0.15, 0.2) is 0 Å². The van der Waals surface area contributed by atoms with Crippen molar-refractivity contribution in [3.05, 3.63) is 40.7 Å². The van der Waals surface area contributed by atoms with E-state index in [0.29, 0.717) is 18.1 Å². The zero-order chi connectivity index (χ0) is 14.7. The number of carbonyl (C=O) groups excluding carboxylic acids is 1. The summed E-state index contributed by atoms with van der Waals surface area (Å²) in [6.45, 7) is 2.26. The summed E-state index contributed by atoms with van der Waals surface area (Å²) >= 11 is 1.61. The molecule has 0 N–H and O–H groups in total. The van der Waals surface area contributed by atoms with E-state index in [1.54, 1.807) is 11.3 Å². The molecular weight excluding hydrogens is 278 g/mol. The first-order valence-electron chi connectivity index (χ1n) is 7.75. The molecule has 3 heteroatoms. The Morgan fingerprint density at radius 2 is 2.10 bits per heavy atom. The maximum atomic E-state index is 12.4. The van der Waals surface area contributed by atoms with E-state index in [2.05, 4.69) is 29.4 Å². The Kier molecular flexibility index (Phi) is 4.49. The molecule has 3 rings (SSSR count). The van der Waals surface area contributed by atoms with Crippen LogP contribution in [0.1, 0.15) is 37.6 Å². The van der Waals surface area contributed by atoms with Gasteiger partial charge in [0.1, 0.15) is 10.8 Å². The second-order valence-electron chi connectivity index (χ2n) is 6.10. The van der Waals surface area contributed by atoms with Crippen LogP contribution in [0.2, 0.25) is 0 Å². The summed E-state index contributed by atoms with van der Waals surface area (Å²) in [5, 5.41) is 3.01. The summed E-state index contributed by atoms with van der Waals surface area (Å²) in [7, 11) is 0. The predicted molar refractivity (Wildman–Crippen MR) is 87.4 cm³/mol. The topological polar surface area (TPSA) is 30.0 Å². The molecule has 1 aromatic carbocycles. The molecule has 1 aromatic heterocycles. The fraction of sp³-hybridized carbons (Fsp3) is 0.444. The van der Waals surface area contributed by atoms with E-state index in [0.717, 1.165) is 29.1 Å². The Balaban J connectivity index is 1.66. The lowest BCUT2D eigenvalue weighted by Gasteiger charge is -2.25. The molecule has 2 aromatic rings. The van der Waals surface area contributed by atoms with Crippen molar-refractivity contribution in [1.29, 1.82) is 0 Å². The highest BCUT2D eigenvalue weighted by Gasteiger charge is 2.25. The minimum Gasteiger partial charge on any atom is -0.299 e. The average Bonchev–Trinajstić information content (AvgIpc) is 2.97. The maximum absolute atomic E-state index is 12.4. The van der Waals surface area contributed by atoms with Gasteiger partial charge >= 0.3 is 0 Å². The van der Waals surface area contributed by atoms with Crippen molar-refractivity contribution in [2.24, 2.45) is 11.8 Å². The van der Waals surface area contributed by atoms with Gasteiger partial charge in [0.05, 0.1) is 12.1 Å². The van der Waals surface area contributed by atoms with Crippen LogP contribution in [0.5, 0.6) is 0 Å². The van der Waals surface area contributed by atoms with Crippen molar-refractivity contribution in [2.45, 2.75) is 39.0 Å². The highest BCUT2D eigenvalue weighted by atomic mass is 32.1. The number of hydrogen-bond acceptors (Lipinski definition) is 3. The van der Waals surface area contributed by atoms with Crippen LogP contribution in [0.25, 0.3) is 11.3 Å². The van der Waals surface area contributed by atoms with E-state index in [1.807, 2.05) is 18.2 Å². The molecule has 0 spiro atoms. The Labute approximate surface area is 130 Å². The molecule has 0 saturated heterocycles. The van der Waals surface area contributed by atoms with E-state index in [9.17, 15) is 4.79 Å². The average molecular weight is 299 g/mol. The standard InChI is InChI=1S/C18H21NOS/c1-13-6-5-9-15(10-13)17(20)11-18-19-16(12-21-18)14-7-3-2-4-8-14/h2-4,7-8,12-13,15H,5-6,9-11H2,1H3. The van der Waals surface area contributed by atoms with Crippen LogP contribution in [0.4, 0.5) is 0 Å². The van der Waals surface area contributed by atoms with Gasteiger partial charge < -0.3 is 0 Å². The van der Waals surface area contributed by atoms with Crippen LogP contribution in [-0.4, -0.2) is 10.8 Å². The molecule has 2 atom stereocenters. The third-order valence-electron chi connectivity index (χ3n) is 4.34. The minimum absolute atomic E-state index is 0.262. The highest BCUT2D eigenvalue weighted by Crippen LogP contribution is 2.30. The van der Waals surface area contributed by atoms with Gasteiger partial charge in [-0.05, 0) is 18.8 Å². The maximum Gasteiger partial charge on any atom is 0.142 e. The van der Waals surface area contributed by atoms with Gasteiger partial charge in [-0.2, -0.15) is 0 Å². The number of carbonyl (C=O) groups is 1. The van der Waals surface area contributed by atoms with Crippen LogP contribution >= 0.6 is 11.3 Å². The molecule has 1 aliphatic rings. The molecule has 0 amide bonds. The first-order chi connectivity index (χ1) is 10.2. The fourth-order valence-corrected chi connectivity index (χ4v) is 3.97. The van der Waals surface area contributed by atoms with E-state index >= 15 is 0 Å². The van der Waals surface area contributed by atoms with Crippen molar-refractivity contribution in [1.82, 2.24) is 4.98 Å². The summed E-state index contributed by atoms with van der Waals surface area (Å²) in [4.78, 5) is 17.1. The molecular formula is C18H21NOS. The number of ketones is 1. The second-order valence-corrected chi connectivity index (χ2v) is 7.05. The smallest absolute Gasteiger partial charge is 0.142 e. The Morgan fingerprint density at radius 1 is 1.29 bits per heavy atom. The monoisotopic (exact) mass is 299 g/mol. The van der Waals surface area contributed by atoms with Gasteiger partial charge in [-0.15, -0.1) is 11.3 Å². The van der Waals surface area contributed by atoms with Gasteiger partial charge in [0.25, 0.3) is 0 Å². The van der Waals surface area contributed by atoms with Crippen molar-refractivity contribution in [3.63, 3.8) is 0 Å². The summed E-state index contributed by atoms with van der Waals surface area (Å²) in [6, 6.07) is 10.2. The Morgan fingerprint density at radius 3 is 2.86 bits per heavy atom. The van der Waals surface area contributed by atoms with Gasteiger partial charge in [-0.25, -0.2) is 4.98 Å². The third kappa shape index (κ3) is 3.59. The number of aromatic nitrogens is 1. The van der Waals surface area contributed by atoms with Crippen LogP contribution in [0, 0.1) is 11.8 Å². The normalized spacial score (nSPS) is 22.1. The van der Waals surface area contributed by atoms with Crippen molar-refractivity contribution < 1.29 is 4.79 Å². The van der Waals surface area contributed by atoms with Crippen molar-refractivity contribution in [2.75, 3.05) is 0 Å². The highest BCUT2D eigenvalue weighted by molar-refractivity contribution is 7.10. The number of hydrogen-bond donors (Lipinski definition) is 0. The number of thiazole rings is 1. The van der Waals surface area contributed by atoms with Crippen LogP contribution in [0.3, 0.4) is 0 Å². The third-order valence-corrected chi connectivity index (χ3v) is 5.19. The first kappa shape index (κ1) is 14.5. The number of rotatable bonds is 4. The van der Waals surface area contributed by atoms with Crippen molar-refractivity contribution in [3.8, 4) is 11.3 Å². The van der Waals surface area contributed by atoms with Crippen LogP contribution in [0.15, 0.2) is 35.7 Å². The van der Waals surface area contributed by atoms with Crippen LogP contribution < -0.4 is 0 Å². The lowest BCUT2D eigenvalue weighted by atomic mass is 9.80. The van der Waals surface area contributed by atoms with E-state index < -0.39 is 0 Å². The molecule has 21 heavy (non-hydrogen) atoms. The number of benzene rings is 1. The lowest BCUT2D eigenvalue weighted by molar-refractivity contribution is -0.123. The molecule has 1 heterocycles.